The first-order valence-corrected chi connectivity index (χ1v) is 7.97. The van der Waals surface area contributed by atoms with Crippen LogP contribution in [0.4, 0.5) is 0 Å². The lowest BCUT2D eigenvalue weighted by Crippen LogP contribution is -2.49. The molecule has 0 radical (unpaired) electrons. The lowest BCUT2D eigenvalue weighted by atomic mass is 10.2. The smallest absolute Gasteiger partial charge is 0.0973 e. The van der Waals surface area contributed by atoms with Gasteiger partial charge in [-0.2, -0.15) is 0 Å². The van der Waals surface area contributed by atoms with E-state index >= 15 is 0 Å². The van der Waals surface area contributed by atoms with E-state index in [1.807, 2.05) is 0 Å². The van der Waals surface area contributed by atoms with Crippen molar-refractivity contribution in [2.45, 2.75) is 19.0 Å². The van der Waals surface area contributed by atoms with Gasteiger partial charge in [0.1, 0.15) is 0 Å². The van der Waals surface area contributed by atoms with Gasteiger partial charge in [0.2, 0.25) is 0 Å². The van der Waals surface area contributed by atoms with Crippen LogP contribution >= 0.6 is 22.9 Å². The van der Waals surface area contributed by atoms with E-state index in [4.69, 9.17) is 11.6 Å². The van der Waals surface area contributed by atoms with Crippen LogP contribution < -0.4 is 5.32 Å². The zero-order chi connectivity index (χ0) is 12.4. The minimum absolute atomic E-state index is 0.754. The van der Waals surface area contributed by atoms with E-state index < -0.39 is 0 Å². The second-order valence-corrected chi connectivity index (χ2v) is 6.70. The van der Waals surface area contributed by atoms with Gasteiger partial charge in [0.15, 0.2) is 0 Å². The van der Waals surface area contributed by atoms with Gasteiger partial charge >= 0.3 is 0 Å². The first-order chi connectivity index (χ1) is 8.83. The fourth-order valence-corrected chi connectivity index (χ4v) is 3.89. The summed E-state index contributed by atoms with van der Waals surface area (Å²) in [6.07, 6.45) is 1.31. The zero-order valence-electron chi connectivity index (χ0n) is 10.6. The summed E-state index contributed by atoms with van der Waals surface area (Å²) in [4.78, 5) is 5.19. The van der Waals surface area contributed by atoms with Crippen molar-refractivity contribution in [3.8, 4) is 0 Å². The SMILES string of the molecule is Clc1sccc1CN1CCC(N2CCNCC2)C1. The maximum atomic E-state index is 6.18. The summed E-state index contributed by atoms with van der Waals surface area (Å²) in [6.45, 7) is 8.13. The Morgan fingerprint density at radius 2 is 2.17 bits per heavy atom. The van der Waals surface area contributed by atoms with Crippen LogP contribution in [0.2, 0.25) is 4.34 Å². The summed E-state index contributed by atoms with van der Waals surface area (Å²) < 4.78 is 0.959. The first kappa shape index (κ1) is 12.9. The van der Waals surface area contributed by atoms with Crippen LogP contribution in [0, 0.1) is 0 Å². The van der Waals surface area contributed by atoms with E-state index in [-0.39, 0.29) is 0 Å². The maximum Gasteiger partial charge on any atom is 0.0973 e. The highest BCUT2D eigenvalue weighted by Crippen LogP contribution is 2.26. The van der Waals surface area contributed by atoms with Crippen LogP contribution in [-0.2, 0) is 6.54 Å². The van der Waals surface area contributed by atoms with Gasteiger partial charge < -0.3 is 5.32 Å². The molecule has 1 aromatic rings. The minimum Gasteiger partial charge on any atom is -0.314 e. The third-order valence-corrected chi connectivity index (χ3v) is 5.25. The fraction of sp³-hybridized carbons (Fsp3) is 0.692. The molecule has 0 bridgehead atoms. The van der Waals surface area contributed by atoms with Crippen LogP contribution in [0.15, 0.2) is 11.4 Å². The molecule has 3 nitrogen and oxygen atoms in total. The predicted octanol–water partition coefficient (Wildman–Crippen LogP) is 1.88. The molecule has 3 heterocycles. The molecule has 3 rings (SSSR count). The van der Waals surface area contributed by atoms with E-state index in [0.717, 1.165) is 30.0 Å². The van der Waals surface area contributed by atoms with Gasteiger partial charge in [-0.05, 0) is 23.4 Å². The number of piperazine rings is 1. The van der Waals surface area contributed by atoms with Gasteiger partial charge in [0.25, 0.3) is 0 Å². The molecule has 1 atom stereocenters. The number of thiophene rings is 1. The van der Waals surface area contributed by atoms with Gasteiger partial charge in [-0.1, -0.05) is 11.6 Å². The van der Waals surface area contributed by atoms with Crippen molar-refractivity contribution in [3.63, 3.8) is 0 Å². The molecule has 100 valence electrons. The highest BCUT2D eigenvalue weighted by Gasteiger charge is 2.28. The number of hydrogen-bond acceptors (Lipinski definition) is 4. The standard InChI is InChI=1S/C13H20ClN3S/c14-13-11(2-8-18-13)9-16-5-1-12(10-16)17-6-3-15-4-7-17/h2,8,12,15H,1,3-7,9-10H2. The highest BCUT2D eigenvalue weighted by atomic mass is 35.5. The molecule has 1 unspecified atom stereocenters. The summed E-state index contributed by atoms with van der Waals surface area (Å²) >= 11 is 7.81. The second-order valence-electron chi connectivity index (χ2n) is 5.18. The third kappa shape index (κ3) is 2.89. The molecule has 2 saturated heterocycles. The maximum absolute atomic E-state index is 6.18. The molecule has 1 aromatic heterocycles. The summed E-state index contributed by atoms with van der Waals surface area (Å²) in [5.41, 5.74) is 1.29. The summed E-state index contributed by atoms with van der Waals surface area (Å²) in [6, 6.07) is 2.91. The van der Waals surface area contributed by atoms with Gasteiger partial charge in [0, 0.05) is 51.9 Å². The van der Waals surface area contributed by atoms with E-state index in [1.54, 1.807) is 11.3 Å². The van der Waals surface area contributed by atoms with Gasteiger partial charge in [-0.25, -0.2) is 0 Å². The van der Waals surface area contributed by atoms with E-state index in [1.165, 1.54) is 38.2 Å². The monoisotopic (exact) mass is 285 g/mol. The van der Waals surface area contributed by atoms with E-state index in [0.29, 0.717) is 0 Å². The lowest BCUT2D eigenvalue weighted by molar-refractivity contribution is 0.170. The van der Waals surface area contributed by atoms with Crippen LogP contribution in [-0.4, -0.2) is 55.1 Å². The molecule has 1 N–H and O–H groups in total. The van der Waals surface area contributed by atoms with Crippen LogP contribution in [0.25, 0.3) is 0 Å². The number of nitrogens with zero attached hydrogens (tertiary/aromatic N) is 2. The Balaban J connectivity index is 1.53. The highest BCUT2D eigenvalue weighted by molar-refractivity contribution is 7.14. The molecule has 2 aliphatic rings. The van der Waals surface area contributed by atoms with Crippen LogP contribution in [0.5, 0.6) is 0 Å². The Kier molecular flexibility index (Phi) is 4.21. The molecule has 0 spiro atoms. The lowest BCUT2D eigenvalue weighted by Gasteiger charge is -2.32. The summed E-state index contributed by atoms with van der Waals surface area (Å²) in [5, 5.41) is 5.51. The van der Waals surface area contributed by atoms with Gasteiger partial charge in [-0.3, -0.25) is 9.80 Å². The van der Waals surface area contributed by atoms with Crippen molar-refractivity contribution in [1.82, 2.24) is 15.1 Å². The fourth-order valence-electron chi connectivity index (χ4n) is 2.97. The molecular formula is C13H20ClN3S. The Hall–Kier alpha value is -0.130. The molecule has 2 aliphatic heterocycles. The molecule has 0 aliphatic carbocycles. The van der Waals surface area contributed by atoms with Crippen molar-refractivity contribution < 1.29 is 0 Å². The number of rotatable bonds is 3. The average Bonchev–Trinajstić information content (AvgIpc) is 3.02. The summed E-state index contributed by atoms with van der Waals surface area (Å²) in [5.74, 6) is 0. The van der Waals surface area contributed by atoms with Crippen LogP contribution in [0.3, 0.4) is 0 Å². The zero-order valence-corrected chi connectivity index (χ0v) is 12.1. The molecular weight excluding hydrogens is 266 g/mol. The topological polar surface area (TPSA) is 18.5 Å². The van der Waals surface area contributed by atoms with Gasteiger partial charge in [0.05, 0.1) is 4.34 Å². The van der Waals surface area contributed by atoms with Crippen molar-refractivity contribution in [2.24, 2.45) is 0 Å². The Labute approximate surface area is 118 Å². The van der Waals surface area contributed by atoms with E-state index in [9.17, 15) is 0 Å². The summed E-state index contributed by atoms with van der Waals surface area (Å²) in [7, 11) is 0. The molecule has 0 amide bonds. The van der Waals surface area contributed by atoms with Crippen molar-refractivity contribution in [2.75, 3.05) is 39.3 Å². The Morgan fingerprint density at radius 1 is 1.33 bits per heavy atom. The number of likely N-dealkylation sites (tertiary alicyclic amines) is 1. The second kappa shape index (κ2) is 5.88. The third-order valence-electron chi connectivity index (χ3n) is 4.00. The van der Waals surface area contributed by atoms with Crippen molar-refractivity contribution >= 4 is 22.9 Å². The number of nitrogens with one attached hydrogen (secondary N) is 1. The quantitative estimate of drug-likeness (QED) is 0.915. The Bertz CT molecular complexity index is 389. The first-order valence-electron chi connectivity index (χ1n) is 6.72. The molecule has 2 fully saturated rings. The normalized spacial score (nSPS) is 26.8. The minimum atomic E-state index is 0.754. The van der Waals surface area contributed by atoms with Crippen LogP contribution in [0.1, 0.15) is 12.0 Å². The van der Waals surface area contributed by atoms with E-state index in [2.05, 4.69) is 26.6 Å². The Morgan fingerprint density at radius 3 is 2.89 bits per heavy atom. The average molecular weight is 286 g/mol. The van der Waals surface area contributed by atoms with Crippen molar-refractivity contribution in [3.05, 3.63) is 21.3 Å². The predicted molar refractivity (Wildman–Crippen MR) is 77.5 cm³/mol. The molecule has 5 heteroatoms. The molecule has 0 saturated carbocycles. The molecule has 18 heavy (non-hydrogen) atoms. The van der Waals surface area contributed by atoms with Gasteiger partial charge in [-0.15, -0.1) is 11.3 Å². The number of hydrogen-bond donors (Lipinski definition) is 1. The molecule has 0 aromatic carbocycles. The number of halogens is 1. The van der Waals surface area contributed by atoms with Crippen molar-refractivity contribution in [1.29, 1.82) is 0 Å². The largest absolute Gasteiger partial charge is 0.314 e.